The molecular formula is C13H24N2O. The topological polar surface area (TPSA) is 15.7 Å². The molecule has 0 aliphatic carbocycles. The third-order valence-corrected chi connectivity index (χ3v) is 4.92. The summed E-state index contributed by atoms with van der Waals surface area (Å²) in [6, 6.07) is 0.855. The van der Waals surface area contributed by atoms with E-state index in [2.05, 4.69) is 16.7 Å². The van der Waals surface area contributed by atoms with E-state index in [1.54, 1.807) is 0 Å². The predicted octanol–water partition coefficient (Wildman–Crippen LogP) is 1.34. The highest BCUT2D eigenvalue weighted by Gasteiger charge is 2.39. The van der Waals surface area contributed by atoms with Gasteiger partial charge in [0.2, 0.25) is 0 Å². The second-order valence-electron chi connectivity index (χ2n) is 5.89. The Hall–Kier alpha value is -0.120. The van der Waals surface area contributed by atoms with Crippen LogP contribution in [-0.2, 0) is 4.74 Å². The highest BCUT2D eigenvalue weighted by atomic mass is 16.5. The zero-order valence-electron chi connectivity index (χ0n) is 10.5. The van der Waals surface area contributed by atoms with Gasteiger partial charge in [-0.05, 0) is 39.2 Å². The van der Waals surface area contributed by atoms with Crippen molar-refractivity contribution in [3.05, 3.63) is 0 Å². The Labute approximate surface area is 98.7 Å². The van der Waals surface area contributed by atoms with Crippen molar-refractivity contribution in [1.82, 2.24) is 9.80 Å². The molecule has 0 aromatic carbocycles. The first-order valence-corrected chi connectivity index (χ1v) is 6.85. The van der Waals surface area contributed by atoms with Gasteiger partial charge in [0.15, 0.2) is 0 Å². The van der Waals surface area contributed by atoms with Crippen molar-refractivity contribution >= 4 is 0 Å². The van der Waals surface area contributed by atoms with Crippen molar-refractivity contribution in [3.63, 3.8) is 0 Å². The lowest BCUT2D eigenvalue weighted by molar-refractivity contribution is -0.0458. The molecule has 0 bridgehead atoms. The molecule has 0 aromatic heterocycles. The molecule has 1 unspecified atom stereocenters. The largest absolute Gasteiger partial charge is 0.381 e. The van der Waals surface area contributed by atoms with Crippen molar-refractivity contribution in [3.8, 4) is 0 Å². The second-order valence-corrected chi connectivity index (χ2v) is 5.89. The average Bonchev–Trinajstić information content (AvgIpc) is 2.77. The lowest BCUT2D eigenvalue weighted by Crippen LogP contribution is -2.59. The quantitative estimate of drug-likeness (QED) is 0.668. The Morgan fingerprint density at radius 2 is 1.94 bits per heavy atom. The van der Waals surface area contributed by atoms with E-state index in [0.29, 0.717) is 5.54 Å². The summed E-state index contributed by atoms with van der Waals surface area (Å²) in [7, 11) is 0. The number of piperazine rings is 1. The van der Waals surface area contributed by atoms with E-state index < -0.39 is 0 Å². The monoisotopic (exact) mass is 224 g/mol. The van der Waals surface area contributed by atoms with E-state index in [-0.39, 0.29) is 0 Å². The minimum Gasteiger partial charge on any atom is -0.381 e. The molecule has 0 N–H and O–H groups in total. The molecule has 3 aliphatic heterocycles. The van der Waals surface area contributed by atoms with Crippen LogP contribution < -0.4 is 0 Å². The minimum atomic E-state index is 0.424. The van der Waals surface area contributed by atoms with Crippen LogP contribution in [0.1, 0.15) is 32.6 Å². The molecule has 3 heterocycles. The number of hydrogen-bond donors (Lipinski definition) is 0. The summed E-state index contributed by atoms with van der Waals surface area (Å²) in [5.74, 6) is 0. The van der Waals surface area contributed by atoms with E-state index in [9.17, 15) is 0 Å². The summed E-state index contributed by atoms with van der Waals surface area (Å²) >= 11 is 0. The molecule has 16 heavy (non-hydrogen) atoms. The predicted molar refractivity (Wildman–Crippen MR) is 64.6 cm³/mol. The van der Waals surface area contributed by atoms with Crippen LogP contribution in [0, 0.1) is 0 Å². The number of nitrogens with zero attached hydrogens (tertiary/aromatic N) is 2. The van der Waals surface area contributed by atoms with Crippen LogP contribution in [0.25, 0.3) is 0 Å². The Morgan fingerprint density at radius 1 is 1.12 bits per heavy atom. The molecule has 3 aliphatic rings. The van der Waals surface area contributed by atoms with Gasteiger partial charge in [0.25, 0.3) is 0 Å². The third kappa shape index (κ3) is 1.89. The van der Waals surface area contributed by atoms with Gasteiger partial charge >= 0.3 is 0 Å². The smallest absolute Gasteiger partial charge is 0.0483 e. The normalized spacial score (nSPS) is 36.2. The molecule has 3 nitrogen and oxygen atoms in total. The molecule has 0 aromatic rings. The third-order valence-electron chi connectivity index (χ3n) is 4.92. The Morgan fingerprint density at radius 3 is 2.75 bits per heavy atom. The molecule has 0 saturated carbocycles. The Balaban J connectivity index is 1.66. The zero-order chi connectivity index (χ0) is 11.0. The van der Waals surface area contributed by atoms with E-state index >= 15 is 0 Å². The summed E-state index contributed by atoms with van der Waals surface area (Å²) in [5.41, 5.74) is 0.424. The summed E-state index contributed by atoms with van der Waals surface area (Å²) in [6.45, 7) is 9.58. The maximum absolute atomic E-state index is 5.51. The molecule has 3 saturated heterocycles. The first kappa shape index (κ1) is 11.0. The van der Waals surface area contributed by atoms with Gasteiger partial charge in [-0.1, -0.05) is 0 Å². The molecule has 0 amide bonds. The molecule has 3 fully saturated rings. The maximum Gasteiger partial charge on any atom is 0.0483 e. The highest BCUT2D eigenvalue weighted by molar-refractivity contribution is 4.95. The molecule has 3 heteroatoms. The summed E-state index contributed by atoms with van der Waals surface area (Å²) < 4.78 is 5.51. The first-order valence-electron chi connectivity index (χ1n) is 6.85. The number of fused-ring (bicyclic) bond motifs is 1. The first-order chi connectivity index (χ1) is 7.78. The minimum absolute atomic E-state index is 0.424. The summed E-state index contributed by atoms with van der Waals surface area (Å²) in [6.07, 6.45) is 5.28. The molecule has 0 radical (unpaired) electrons. The fraction of sp³-hybridized carbons (Fsp3) is 1.00. The Kier molecular flexibility index (Phi) is 2.94. The van der Waals surface area contributed by atoms with E-state index in [0.717, 1.165) is 19.3 Å². The van der Waals surface area contributed by atoms with Crippen LogP contribution in [0.3, 0.4) is 0 Å². The van der Waals surface area contributed by atoms with Gasteiger partial charge in [-0.25, -0.2) is 0 Å². The van der Waals surface area contributed by atoms with Crippen molar-refractivity contribution in [2.45, 2.75) is 44.2 Å². The van der Waals surface area contributed by atoms with Crippen LogP contribution in [0.15, 0.2) is 0 Å². The molecular weight excluding hydrogens is 200 g/mol. The zero-order valence-corrected chi connectivity index (χ0v) is 10.5. The van der Waals surface area contributed by atoms with E-state index in [4.69, 9.17) is 4.74 Å². The molecule has 92 valence electrons. The van der Waals surface area contributed by atoms with E-state index in [1.165, 1.54) is 51.9 Å². The van der Waals surface area contributed by atoms with E-state index in [1.807, 2.05) is 0 Å². The van der Waals surface area contributed by atoms with Crippen molar-refractivity contribution < 1.29 is 4.74 Å². The van der Waals surface area contributed by atoms with Gasteiger partial charge in [-0.3, -0.25) is 9.80 Å². The number of hydrogen-bond acceptors (Lipinski definition) is 3. The standard InChI is InChI=1S/C13H24N2O/c1-13(4-9-16-10-5-13)15-8-7-14-6-2-3-12(14)11-15/h12H,2-11H2,1H3. The van der Waals surface area contributed by atoms with Crippen molar-refractivity contribution in [2.24, 2.45) is 0 Å². The number of rotatable bonds is 1. The molecule has 1 atom stereocenters. The SMILES string of the molecule is CC1(N2CCN3CCCC3C2)CCOCC1. The highest BCUT2D eigenvalue weighted by Crippen LogP contribution is 2.31. The molecule has 3 rings (SSSR count). The lowest BCUT2D eigenvalue weighted by atomic mass is 9.89. The van der Waals surface area contributed by atoms with Gasteiger partial charge in [0.05, 0.1) is 0 Å². The fourth-order valence-electron chi connectivity index (χ4n) is 3.61. The van der Waals surface area contributed by atoms with Crippen LogP contribution in [0.2, 0.25) is 0 Å². The van der Waals surface area contributed by atoms with Crippen LogP contribution in [-0.4, -0.2) is 60.8 Å². The molecule has 0 spiro atoms. The summed E-state index contributed by atoms with van der Waals surface area (Å²) in [4.78, 5) is 5.45. The van der Waals surface area contributed by atoms with Crippen LogP contribution >= 0.6 is 0 Å². The Bertz CT molecular complexity index is 250. The van der Waals surface area contributed by atoms with Crippen molar-refractivity contribution in [2.75, 3.05) is 39.4 Å². The summed E-state index contributed by atoms with van der Waals surface area (Å²) in [5, 5.41) is 0. The lowest BCUT2D eigenvalue weighted by Gasteiger charge is -2.49. The maximum atomic E-state index is 5.51. The fourth-order valence-corrected chi connectivity index (χ4v) is 3.61. The van der Waals surface area contributed by atoms with Crippen LogP contribution in [0.5, 0.6) is 0 Å². The van der Waals surface area contributed by atoms with Crippen LogP contribution in [0.4, 0.5) is 0 Å². The second kappa shape index (κ2) is 4.28. The number of ether oxygens (including phenoxy) is 1. The van der Waals surface area contributed by atoms with Gasteiger partial charge in [-0.15, -0.1) is 0 Å². The van der Waals surface area contributed by atoms with Crippen molar-refractivity contribution in [1.29, 1.82) is 0 Å². The van der Waals surface area contributed by atoms with Gasteiger partial charge in [0.1, 0.15) is 0 Å². The van der Waals surface area contributed by atoms with Gasteiger partial charge in [-0.2, -0.15) is 0 Å². The average molecular weight is 224 g/mol. The van der Waals surface area contributed by atoms with Gasteiger partial charge in [0, 0.05) is 44.4 Å². The van der Waals surface area contributed by atoms with Gasteiger partial charge < -0.3 is 4.74 Å².